The maximum Gasteiger partial charge on any atom is 0.168 e. The number of pyridine rings is 3. The van der Waals surface area contributed by atoms with Crippen LogP contribution in [0.4, 0.5) is 23.0 Å². The number of hydrogen-bond acceptors (Lipinski definition) is 7. The zero-order valence-electron chi connectivity index (χ0n) is 14.6. The molecule has 0 amide bonds. The van der Waals surface area contributed by atoms with Crippen molar-refractivity contribution in [2.24, 2.45) is 5.84 Å². The summed E-state index contributed by atoms with van der Waals surface area (Å²) in [6.07, 6.45) is 5.21. The second-order valence-electron chi connectivity index (χ2n) is 6.13. The highest BCUT2D eigenvalue weighted by Gasteiger charge is 2.11. The average Bonchev–Trinajstić information content (AvgIpc) is 2.70. The van der Waals surface area contributed by atoms with Crippen LogP contribution in [0.25, 0.3) is 10.9 Å². The summed E-state index contributed by atoms with van der Waals surface area (Å²) < 4.78 is 0. The fourth-order valence-corrected chi connectivity index (χ4v) is 2.84. The van der Waals surface area contributed by atoms with E-state index in [1.807, 2.05) is 42.5 Å². The summed E-state index contributed by atoms with van der Waals surface area (Å²) in [5.74, 6) is 7.44. The lowest BCUT2D eigenvalue weighted by atomic mass is 10.1. The summed E-state index contributed by atoms with van der Waals surface area (Å²) in [4.78, 5) is 12.9. The summed E-state index contributed by atoms with van der Waals surface area (Å²) in [6.45, 7) is 0.473. The molecule has 4 aromatic rings. The molecule has 7 heteroatoms. The molecule has 0 saturated heterocycles. The van der Waals surface area contributed by atoms with Gasteiger partial charge in [0, 0.05) is 31.1 Å². The molecule has 0 saturated carbocycles. The topological polar surface area (TPSA) is 106 Å². The molecule has 0 unspecified atom stereocenters. The molecule has 0 aliphatic carbocycles. The summed E-state index contributed by atoms with van der Waals surface area (Å²) in [5.41, 5.74) is 9.50. The van der Waals surface area contributed by atoms with Crippen molar-refractivity contribution in [3.8, 4) is 0 Å². The number of rotatable bonds is 5. The first-order valence-electron chi connectivity index (χ1n) is 8.48. The van der Waals surface area contributed by atoms with E-state index < -0.39 is 0 Å². The second-order valence-corrected chi connectivity index (χ2v) is 6.13. The molecule has 0 bridgehead atoms. The lowest BCUT2D eigenvalue weighted by Crippen LogP contribution is -2.31. The first kappa shape index (κ1) is 16.7. The Morgan fingerprint density at radius 1 is 1.00 bits per heavy atom. The number of hydrazine groups is 1. The number of nitrogens with zero attached hydrogens (tertiary/aromatic N) is 4. The summed E-state index contributed by atoms with van der Waals surface area (Å²) >= 11 is 0. The quantitative estimate of drug-likeness (QED) is 0.370. The van der Waals surface area contributed by atoms with E-state index >= 15 is 0 Å². The van der Waals surface area contributed by atoms with E-state index in [2.05, 4.69) is 26.3 Å². The Morgan fingerprint density at radius 3 is 2.70 bits per heavy atom. The number of nitrogen functional groups attached to an aromatic ring is 1. The van der Waals surface area contributed by atoms with Crippen LogP contribution in [-0.2, 0) is 6.54 Å². The van der Waals surface area contributed by atoms with Crippen LogP contribution in [0.15, 0.2) is 73.2 Å². The van der Waals surface area contributed by atoms with Crippen molar-refractivity contribution in [1.29, 1.82) is 0 Å². The normalized spacial score (nSPS) is 10.7. The Balaban J connectivity index is 0.00000225. The highest BCUT2D eigenvalue weighted by atomic mass is 15.4. The number of benzene rings is 1. The van der Waals surface area contributed by atoms with Crippen LogP contribution in [0.1, 0.15) is 6.99 Å². The molecule has 136 valence electrons. The molecule has 1 aromatic carbocycles. The maximum atomic E-state index is 6.27. The van der Waals surface area contributed by atoms with Crippen LogP contribution >= 0.6 is 0 Å². The standard InChI is InChI=1S/C20H19N7.H2/c21-17-4-6-19(25-16-7-10-23-11-8-16)26-20(17)27(22)13-14-3-5-18-15(12-14)2-1-9-24-18;/h1-12H,13,21-22H2,(H,23,25,26);1H. The van der Waals surface area contributed by atoms with Crippen molar-refractivity contribution in [1.82, 2.24) is 15.0 Å². The number of aromatic nitrogens is 3. The highest BCUT2D eigenvalue weighted by molar-refractivity contribution is 5.79. The molecule has 7 nitrogen and oxygen atoms in total. The van der Waals surface area contributed by atoms with Gasteiger partial charge < -0.3 is 11.1 Å². The molecular formula is C20H21N7. The van der Waals surface area contributed by atoms with Crippen molar-refractivity contribution in [2.45, 2.75) is 6.54 Å². The van der Waals surface area contributed by atoms with Gasteiger partial charge in [0.15, 0.2) is 5.82 Å². The van der Waals surface area contributed by atoms with Gasteiger partial charge in [-0.25, -0.2) is 10.8 Å². The van der Waals surface area contributed by atoms with Gasteiger partial charge in [0.1, 0.15) is 5.82 Å². The van der Waals surface area contributed by atoms with E-state index in [0.29, 0.717) is 23.9 Å². The number of nitrogens with two attached hydrogens (primary N) is 2. The number of nitrogens with one attached hydrogen (secondary N) is 1. The van der Waals surface area contributed by atoms with Gasteiger partial charge in [0.25, 0.3) is 0 Å². The number of hydrogen-bond donors (Lipinski definition) is 3. The van der Waals surface area contributed by atoms with Crippen molar-refractivity contribution < 1.29 is 1.43 Å². The number of fused-ring (bicyclic) bond motifs is 1. The lowest BCUT2D eigenvalue weighted by molar-refractivity contribution is 0.836. The van der Waals surface area contributed by atoms with Crippen LogP contribution in [0.2, 0.25) is 0 Å². The monoisotopic (exact) mass is 359 g/mol. The van der Waals surface area contributed by atoms with Crippen molar-refractivity contribution in [2.75, 3.05) is 16.1 Å². The largest absolute Gasteiger partial charge is 0.396 e. The smallest absolute Gasteiger partial charge is 0.168 e. The average molecular weight is 359 g/mol. The summed E-state index contributed by atoms with van der Waals surface area (Å²) in [5, 5.41) is 5.83. The van der Waals surface area contributed by atoms with Crippen LogP contribution in [0.5, 0.6) is 0 Å². The molecule has 3 aromatic heterocycles. The fraction of sp³-hybridized carbons (Fsp3) is 0.0500. The minimum absolute atomic E-state index is 0. The zero-order chi connectivity index (χ0) is 18.6. The van der Waals surface area contributed by atoms with Crippen LogP contribution in [0.3, 0.4) is 0 Å². The lowest BCUT2D eigenvalue weighted by Gasteiger charge is -2.20. The predicted molar refractivity (Wildman–Crippen MR) is 110 cm³/mol. The second kappa shape index (κ2) is 7.27. The molecule has 0 atom stereocenters. The number of anilines is 4. The van der Waals surface area contributed by atoms with E-state index in [4.69, 9.17) is 11.6 Å². The SMILES string of the molecule is Nc1ccc(Nc2ccncc2)nc1N(N)Cc1ccc2ncccc2c1.[HH]. The van der Waals surface area contributed by atoms with Crippen LogP contribution in [-0.4, -0.2) is 15.0 Å². The van der Waals surface area contributed by atoms with Gasteiger partial charge in [-0.05, 0) is 48.0 Å². The molecule has 4 rings (SSSR count). The molecule has 0 fully saturated rings. The minimum atomic E-state index is 0. The third kappa shape index (κ3) is 3.78. The minimum Gasteiger partial charge on any atom is -0.396 e. The molecule has 0 radical (unpaired) electrons. The van der Waals surface area contributed by atoms with Gasteiger partial charge in [-0.3, -0.25) is 15.0 Å². The third-order valence-corrected chi connectivity index (χ3v) is 4.15. The van der Waals surface area contributed by atoms with E-state index in [9.17, 15) is 0 Å². The van der Waals surface area contributed by atoms with Gasteiger partial charge in [-0.15, -0.1) is 0 Å². The Kier molecular flexibility index (Phi) is 4.51. The Morgan fingerprint density at radius 2 is 1.85 bits per heavy atom. The Labute approximate surface area is 158 Å². The van der Waals surface area contributed by atoms with E-state index in [1.165, 1.54) is 0 Å². The first-order valence-corrected chi connectivity index (χ1v) is 8.48. The fourth-order valence-electron chi connectivity index (χ4n) is 2.84. The molecular weight excluding hydrogens is 338 g/mol. The zero-order valence-corrected chi connectivity index (χ0v) is 14.6. The molecule has 5 N–H and O–H groups in total. The molecule has 0 aliphatic heterocycles. The maximum absolute atomic E-state index is 6.27. The molecule has 0 aliphatic rings. The van der Waals surface area contributed by atoms with Gasteiger partial charge >= 0.3 is 0 Å². The van der Waals surface area contributed by atoms with Gasteiger partial charge in [-0.1, -0.05) is 12.1 Å². The van der Waals surface area contributed by atoms with Crippen molar-refractivity contribution in [3.05, 3.63) is 78.8 Å². The van der Waals surface area contributed by atoms with Gasteiger partial charge in [0.05, 0.1) is 17.7 Å². The Bertz CT molecular complexity index is 1070. The van der Waals surface area contributed by atoms with Crippen molar-refractivity contribution in [3.63, 3.8) is 0 Å². The van der Waals surface area contributed by atoms with E-state index in [1.54, 1.807) is 29.7 Å². The Hall–Kier alpha value is -3.71. The van der Waals surface area contributed by atoms with E-state index in [0.717, 1.165) is 22.2 Å². The van der Waals surface area contributed by atoms with Crippen LogP contribution < -0.4 is 21.9 Å². The third-order valence-electron chi connectivity index (χ3n) is 4.15. The van der Waals surface area contributed by atoms with Crippen LogP contribution in [0, 0.1) is 0 Å². The van der Waals surface area contributed by atoms with Crippen molar-refractivity contribution >= 4 is 33.9 Å². The molecule has 27 heavy (non-hydrogen) atoms. The molecule has 3 heterocycles. The van der Waals surface area contributed by atoms with Gasteiger partial charge in [0.2, 0.25) is 0 Å². The first-order chi connectivity index (χ1) is 13.2. The van der Waals surface area contributed by atoms with Gasteiger partial charge in [-0.2, -0.15) is 0 Å². The highest BCUT2D eigenvalue weighted by Crippen LogP contribution is 2.24. The summed E-state index contributed by atoms with van der Waals surface area (Å²) in [6, 6.07) is 17.3. The predicted octanol–water partition coefficient (Wildman–Crippen LogP) is 3.48. The van der Waals surface area contributed by atoms with E-state index in [-0.39, 0.29) is 1.43 Å². The molecule has 0 spiro atoms. The summed E-state index contributed by atoms with van der Waals surface area (Å²) in [7, 11) is 0.